The van der Waals surface area contributed by atoms with Crippen molar-refractivity contribution in [3.63, 3.8) is 0 Å². The zero-order valence-electron chi connectivity index (χ0n) is 7.43. The van der Waals surface area contributed by atoms with Gasteiger partial charge in [0, 0.05) is 10.5 Å². The Kier molecular flexibility index (Phi) is 3.33. The first-order valence-electron chi connectivity index (χ1n) is 3.68. The molecule has 0 aliphatic carbocycles. The molecule has 15 heavy (non-hydrogen) atoms. The second-order valence-electron chi connectivity index (χ2n) is 2.51. The molecule has 1 aromatic rings. The van der Waals surface area contributed by atoms with E-state index in [1.807, 2.05) is 0 Å². The van der Waals surface area contributed by atoms with E-state index in [1.165, 1.54) is 19.2 Å². The number of methoxy groups -OCH3 is 1. The summed E-state index contributed by atoms with van der Waals surface area (Å²) in [5.41, 5.74) is -0.707. The van der Waals surface area contributed by atoms with Crippen molar-refractivity contribution in [2.75, 3.05) is 7.11 Å². The molecule has 3 nitrogen and oxygen atoms in total. The standard InChI is InChI=1S/C8H5BrF3NO2/c1-15-5-3-2-4(9)6(13-5)7(14)8(10,11)12/h2-3H,1H3. The van der Waals surface area contributed by atoms with Crippen LogP contribution in [0, 0.1) is 0 Å². The highest BCUT2D eigenvalue weighted by atomic mass is 79.9. The number of rotatable bonds is 2. The third-order valence-electron chi connectivity index (χ3n) is 1.50. The summed E-state index contributed by atoms with van der Waals surface area (Å²) in [5, 5.41) is 0. The SMILES string of the molecule is COc1ccc(Br)c(C(=O)C(F)(F)F)n1. The summed E-state index contributed by atoms with van der Waals surface area (Å²) in [5.74, 6) is -2.06. The van der Waals surface area contributed by atoms with Gasteiger partial charge in [0.05, 0.1) is 7.11 Å². The second-order valence-corrected chi connectivity index (χ2v) is 3.37. The lowest BCUT2D eigenvalue weighted by atomic mass is 10.2. The van der Waals surface area contributed by atoms with Crippen molar-refractivity contribution in [1.29, 1.82) is 0 Å². The van der Waals surface area contributed by atoms with Crippen LogP contribution in [0.1, 0.15) is 10.5 Å². The van der Waals surface area contributed by atoms with E-state index in [-0.39, 0.29) is 10.4 Å². The number of carbonyl (C=O) groups is 1. The lowest BCUT2D eigenvalue weighted by molar-refractivity contribution is -0.0889. The highest BCUT2D eigenvalue weighted by Gasteiger charge is 2.41. The minimum atomic E-state index is -4.94. The van der Waals surface area contributed by atoms with Crippen LogP contribution in [0.15, 0.2) is 16.6 Å². The number of pyridine rings is 1. The second kappa shape index (κ2) is 4.18. The summed E-state index contributed by atoms with van der Waals surface area (Å²) < 4.78 is 40.9. The molecular formula is C8H5BrF3NO2. The lowest BCUT2D eigenvalue weighted by Gasteiger charge is -2.07. The Labute approximate surface area is 91.4 Å². The summed E-state index contributed by atoms with van der Waals surface area (Å²) in [4.78, 5) is 14.3. The van der Waals surface area contributed by atoms with Crippen LogP contribution in [0.5, 0.6) is 5.88 Å². The van der Waals surface area contributed by atoms with Gasteiger partial charge in [-0.25, -0.2) is 4.98 Å². The fourth-order valence-electron chi connectivity index (χ4n) is 0.831. The van der Waals surface area contributed by atoms with Crippen molar-refractivity contribution in [3.05, 3.63) is 22.3 Å². The maximum atomic E-state index is 12.1. The van der Waals surface area contributed by atoms with Crippen molar-refractivity contribution in [3.8, 4) is 5.88 Å². The zero-order chi connectivity index (χ0) is 11.6. The Morgan fingerprint density at radius 2 is 2.07 bits per heavy atom. The molecule has 0 saturated heterocycles. The molecule has 1 heterocycles. The van der Waals surface area contributed by atoms with E-state index < -0.39 is 17.7 Å². The van der Waals surface area contributed by atoms with Gasteiger partial charge < -0.3 is 4.74 Å². The van der Waals surface area contributed by atoms with Crippen LogP contribution in [0.4, 0.5) is 13.2 Å². The first-order valence-corrected chi connectivity index (χ1v) is 4.47. The molecule has 0 N–H and O–H groups in total. The smallest absolute Gasteiger partial charge is 0.456 e. The van der Waals surface area contributed by atoms with E-state index in [0.717, 1.165) is 0 Å². The fraction of sp³-hybridized carbons (Fsp3) is 0.250. The molecule has 0 saturated carbocycles. The number of carbonyl (C=O) groups excluding carboxylic acids is 1. The Morgan fingerprint density at radius 1 is 1.47 bits per heavy atom. The normalized spacial score (nSPS) is 11.3. The average molecular weight is 284 g/mol. The van der Waals surface area contributed by atoms with Crippen LogP contribution in [0.2, 0.25) is 0 Å². The molecule has 82 valence electrons. The van der Waals surface area contributed by atoms with Gasteiger partial charge in [-0.1, -0.05) is 0 Å². The van der Waals surface area contributed by atoms with Crippen molar-refractivity contribution < 1.29 is 22.7 Å². The third-order valence-corrected chi connectivity index (χ3v) is 2.14. The summed E-state index contributed by atoms with van der Waals surface area (Å²) in [6.45, 7) is 0. The maximum absolute atomic E-state index is 12.1. The molecule has 0 radical (unpaired) electrons. The van der Waals surface area contributed by atoms with Crippen LogP contribution >= 0.6 is 15.9 Å². The van der Waals surface area contributed by atoms with E-state index in [4.69, 9.17) is 0 Å². The minimum absolute atomic E-state index is 0.0226. The van der Waals surface area contributed by atoms with Gasteiger partial charge in [-0.15, -0.1) is 0 Å². The molecule has 0 aliphatic rings. The number of alkyl halides is 3. The van der Waals surface area contributed by atoms with Crippen molar-refractivity contribution in [2.24, 2.45) is 0 Å². The Morgan fingerprint density at radius 3 is 2.53 bits per heavy atom. The van der Waals surface area contributed by atoms with Gasteiger partial charge in [0.2, 0.25) is 5.88 Å². The minimum Gasteiger partial charge on any atom is -0.481 e. The highest BCUT2D eigenvalue weighted by Crippen LogP contribution is 2.26. The number of Topliss-reactive ketones (excluding diaryl/α,β-unsaturated/α-hetero) is 1. The van der Waals surface area contributed by atoms with Crippen LogP contribution < -0.4 is 4.74 Å². The predicted molar refractivity (Wildman–Crippen MR) is 48.9 cm³/mol. The average Bonchev–Trinajstić information content (AvgIpc) is 2.16. The maximum Gasteiger partial charge on any atom is 0.456 e. The van der Waals surface area contributed by atoms with Crippen LogP contribution in [0.3, 0.4) is 0 Å². The Bertz CT molecular complexity index is 392. The topological polar surface area (TPSA) is 39.2 Å². The van der Waals surface area contributed by atoms with E-state index in [0.29, 0.717) is 0 Å². The van der Waals surface area contributed by atoms with E-state index >= 15 is 0 Å². The predicted octanol–water partition coefficient (Wildman–Crippen LogP) is 2.60. The van der Waals surface area contributed by atoms with E-state index in [2.05, 4.69) is 25.7 Å². The first-order chi connectivity index (χ1) is 6.86. The van der Waals surface area contributed by atoms with Gasteiger partial charge in [0.15, 0.2) is 0 Å². The van der Waals surface area contributed by atoms with Gasteiger partial charge in [0.1, 0.15) is 5.69 Å². The van der Waals surface area contributed by atoms with Gasteiger partial charge in [-0.3, -0.25) is 4.79 Å². The van der Waals surface area contributed by atoms with Gasteiger partial charge in [0.25, 0.3) is 5.78 Å². The third kappa shape index (κ3) is 2.68. The number of ketones is 1. The quantitative estimate of drug-likeness (QED) is 0.783. The number of halogens is 4. The van der Waals surface area contributed by atoms with E-state index in [1.54, 1.807) is 0 Å². The van der Waals surface area contributed by atoms with Crippen LogP contribution in [0.25, 0.3) is 0 Å². The summed E-state index contributed by atoms with van der Waals surface area (Å²) in [6.07, 6.45) is -4.94. The first kappa shape index (κ1) is 12.0. The van der Waals surface area contributed by atoms with Crippen molar-refractivity contribution in [2.45, 2.75) is 6.18 Å². The summed E-state index contributed by atoms with van der Waals surface area (Å²) >= 11 is 2.81. The molecule has 0 bridgehead atoms. The van der Waals surface area contributed by atoms with Crippen molar-refractivity contribution in [1.82, 2.24) is 4.98 Å². The number of aromatic nitrogens is 1. The molecule has 1 rings (SSSR count). The van der Waals surface area contributed by atoms with Gasteiger partial charge in [-0.05, 0) is 22.0 Å². The lowest BCUT2D eigenvalue weighted by Crippen LogP contribution is -2.24. The summed E-state index contributed by atoms with van der Waals surface area (Å²) in [6, 6.07) is 2.61. The molecule has 7 heteroatoms. The van der Waals surface area contributed by atoms with Gasteiger partial charge >= 0.3 is 6.18 Å². The fourth-order valence-corrected chi connectivity index (χ4v) is 1.23. The van der Waals surface area contributed by atoms with Gasteiger partial charge in [-0.2, -0.15) is 13.2 Å². The molecule has 1 aromatic heterocycles. The Hall–Kier alpha value is -1.11. The Balaban J connectivity index is 3.19. The number of hydrogen-bond donors (Lipinski definition) is 0. The molecule has 0 fully saturated rings. The highest BCUT2D eigenvalue weighted by molar-refractivity contribution is 9.10. The molecular weight excluding hydrogens is 279 g/mol. The molecule has 0 unspecified atom stereocenters. The largest absolute Gasteiger partial charge is 0.481 e. The monoisotopic (exact) mass is 283 g/mol. The molecule has 0 amide bonds. The summed E-state index contributed by atoms with van der Waals surface area (Å²) in [7, 11) is 1.25. The number of nitrogens with zero attached hydrogens (tertiary/aromatic N) is 1. The number of hydrogen-bond acceptors (Lipinski definition) is 3. The molecule has 0 spiro atoms. The van der Waals surface area contributed by atoms with Crippen molar-refractivity contribution >= 4 is 21.7 Å². The van der Waals surface area contributed by atoms with Crippen LogP contribution in [-0.4, -0.2) is 24.1 Å². The molecule has 0 aliphatic heterocycles. The zero-order valence-corrected chi connectivity index (χ0v) is 9.02. The van der Waals surface area contributed by atoms with Crippen LogP contribution in [-0.2, 0) is 0 Å². The van der Waals surface area contributed by atoms with E-state index in [9.17, 15) is 18.0 Å². The number of ether oxygens (including phenoxy) is 1. The molecule has 0 aromatic carbocycles. The molecule has 0 atom stereocenters.